The molecule has 11 nitrogen and oxygen atoms in total. The quantitative estimate of drug-likeness (QED) is 0.144. The minimum atomic E-state index is -2.68. The Hall–Kier alpha value is -4.00. The first-order chi connectivity index (χ1) is 17.9. The molecule has 0 bridgehead atoms. The molecule has 1 fully saturated rings. The third-order valence-electron chi connectivity index (χ3n) is 7.68. The van der Waals surface area contributed by atoms with Crippen LogP contribution in [0.1, 0.15) is 22.4 Å². The van der Waals surface area contributed by atoms with E-state index in [0.717, 1.165) is 4.88 Å². The van der Waals surface area contributed by atoms with Crippen molar-refractivity contribution in [3.63, 3.8) is 0 Å². The molecule has 1 amide bonds. The summed E-state index contributed by atoms with van der Waals surface area (Å²) in [6.45, 7) is 0. The first-order valence-electron chi connectivity index (χ1n) is 11.7. The van der Waals surface area contributed by atoms with Crippen LogP contribution in [0.25, 0.3) is 16.2 Å². The third kappa shape index (κ3) is 3.41. The summed E-state index contributed by atoms with van der Waals surface area (Å²) in [6, 6.07) is 5.45. The number of benzene rings is 1. The molecule has 3 aliphatic rings. The molecular weight excluding hydrogens is 514 g/mol. The number of likely N-dealkylation sites (N-methyl/N-ethyl adjacent to an activating group) is 1. The molecule has 4 atom stereocenters. The minimum Gasteiger partial charge on any atom is -0.508 e. The van der Waals surface area contributed by atoms with Crippen molar-refractivity contribution in [3.05, 3.63) is 57.2 Å². The van der Waals surface area contributed by atoms with Crippen LogP contribution in [0.15, 0.2) is 46.3 Å². The highest BCUT2D eigenvalue weighted by atomic mass is 32.1. The number of aliphatic hydroxyl groups excluding tert-OH is 2. The van der Waals surface area contributed by atoms with Crippen molar-refractivity contribution < 1.29 is 40.0 Å². The van der Waals surface area contributed by atoms with Crippen molar-refractivity contribution in [1.29, 1.82) is 0 Å². The lowest BCUT2D eigenvalue weighted by molar-refractivity contribution is -0.153. The van der Waals surface area contributed by atoms with Crippen molar-refractivity contribution in [2.75, 3.05) is 14.1 Å². The van der Waals surface area contributed by atoms with E-state index in [4.69, 9.17) is 10.9 Å². The summed E-state index contributed by atoms with van der Waals surface area (Å²) in [4.78, 5) is 42.0. The van der Waals surface area contributed by atoms with Crippen LogP contribution in [0.2, 0.25) is 0 Å². The number of phenols is 1. The largest absolute Gasteiger partial charge is 0.508 e. The number of hydrogen-bond acceptors (Lipinski definition) is 11. The summed E-state index contributed by atoms with van der Waals surface area (Å²) >= 11 is 1.32. The third-order valence-corrected chi connectivity index (χ3v) is 8.73. The van der Waals surface area contributed by atoms with Gasteiger partial charge in [-0.25, -0.2) is 0 Å². The van der Waals surface area contributed by atoms with Gasteiger partial charge in [-0.2, -0.15) is 0 Å². The average Bonchev–Trinajstić information content (AvgIpc) is 3.29. The number of Topliss-reactive ketones (excluding diaryl/α,β-unsaturated/α-hetero) is 2. The van der Waals surface area contributed by atoms with E-state index in [-0.39, 0.29) is 29.7 Å². The van der Waals surface area contributed by atoms with Crippen LogP contribution in [-0.4, -0.2) is 80.0 Å². The fourth-order valence-corrected chi connectivity index (χ4v) is 7.03. The number of ketones is 2. The Morgan fingerprint density at radius 3 is 2.53 bits per heavy atom. The Morgan fingerprint density at radius 2 is 1.89 bits per heavy atom. The maximum absolute atomic E-state index is 13.9. The summed E-state index contributed by atoms with van der Waals surface area (Å²) in [5, 5.41) is 56.5. The molecule has 1 heterocycles. The second-order valence-corrected chi connectivity index (χ2v) is 11.0. The first-order valence-corrected chi connectivity index (χ1v) is 12.5. The van der Waals surface area contributed by atoms with Crippen molar-refractivity contribution in [1.82, 2.24) is 4.90 Å². The number of amides is 1. The number of hydrogen-bond donors (Lipinski definition) is 6. The van der Waals surface area contributed by atoms with Crippen LogP contribution in [0.4, 0.5) is 0 Å². The predicted octanol–water partition coefficient (Wildman–Crippen LogP) is 1.50. The number of thiophene rings is 1. The minimum absolute atomic E-state index is 0.00766. The van der Waals surface area contributed by atoms with Gasteiger partial charge in [0.05, 0.1) is 17.8 Å². The molecule has 0 saturated heterocycles. The molecule has 4 unspecified atom stereocenters. The number of primary amides is 1. The first kappa shape index (κ1) is 25.6. The molecule has 2 aromatic rings. The zero-order valence-electron chi connectivity index (χ0n) is 20.4. The van der Waals surface area contributed by atoms with Gasteiger partial charge in [-0.3, -0.25) is 19.3 Å². The maximum Gasteiger partial charge on any atom is 0.255 e. The number of oxime groups is 1. The van der Waals surface area contributed by atoms with Crippen LogP contribution in [0.5, 0.6) is 5.75 Å². The fraction of sp³-hybridized carbons (Fsp3) is 0.308. The normalized spacial score (nSPS) is 27.1. The number of carbonyl (C=O) groups is 3. The van der Waals surface area contributed by atoms with Gasteiger partial charge in [-0.15, -0.1) is 11.3 Å². The van der Waals surface area contributed by atoms with E-state index in [0.29, 0.717) is 16.0 Å². The predicted molar refractivity (Wildman–Crippen MR) is 137 cm³/mol. The monoisotopic (exact) mass is 539 g/mol. The SMILES string of the molecule is CN(C)C1C(=O)C(C(N)=O)=C(O)C2(O)C(=O)C3=C(O)c4c(O)ccc(-c5ccc(/C=N/O)s5)c4CC3CC12. The molecule has 7 N–H and O–H groups in total. The van der Waals surface area contributed by atoms with E-state index in [1.54, 1.807) is 32.3 Å². The summed E-state index contributed by atoms with van der Waals surface area (Å²) in [6.07, 6.45) is 1.46. The number of rotatable bonds is 4. The molecular formula is C26H25N3O8S. The molecule has 1 saturated carbocycles. The van der Waals surface area contributed by atoms with E-state index < -0.39 is 58.0 Å². The lowest BCUT2D eigenvalue weighted by Crippen LogP contribution is -2.65. The highest BCUT2D eigenvalue weighted by Gasteiger charge is 2.64. The zero-order valence-corrected chi connectivity index (χ0v) is 21.2. The Labute approximate surface area is 220 Å². The number of nitrogens with two attached hydrogens (primary N) is 1. The van der Waals surface area contributed by atoms with Gasteiger partial charge in [0.15, 0.2) is 11.4 Å². The number of nitrogens with zero attached hydrogens (tertiary/aromatic N) is 2. The van der Waals surface area contributed by atoms with E-state index in [1.165, 1.54) is 28.5 Å². The second kappa shape index (κ2) is 8.79. The molecule has 12 heteroatoms. The number of fused-ring (bicyclic) bond motifs is 3. The molecule has 1 aromatic heterocycles. The topological polar surface area (TPSA) is 194 Å². The summed E-state index contributed by atoms with van der Waals surface area (Å²) in [5.41, 5.74) is 2.87. The number of aliphatic hydroxyl groups is 3. The maximum atomic E-state index is 13.9. The number of phenolic OH excluding ortho intramolecular Hbond substituents is 1. The van der Waals surface area contributed by atoms with Crippen molar-refractivity contribution in [3.8, 4) is 16.2 Å². The van der Waals surface area contributed by atoms with Gasteiger partial charge in [0.1, 0.15) is 22.8 Å². The van der Waals surface area contributed by atoms with E-state index in [1.807, 2.05) is 0 Å². The van der Waals surface area contributed by atoms with Crippen LogP contribution < -0.4 is 5.73 Å². The molecule has 0 aliphatic heterocycles. The summed E-state index contributed by atoms with van der Waals surface area (Å²) in [7, 11) is 3.10. The highest BCUT2D eigenvalue weighted by Crippen LogP contribution is 2.53. The summed E-state index contributed by atoms with van der Waals surface area (Å²) < 4.78 is 0. The molecule has 198 valence electrons. The molecule has 3 aliphatic carbocycles. The van der Waals surface area contributed by atoms with E-state index in [2.05, 4.69) is 5.16 Å². The lowest BCUT2D eigenvalue weighted by atomic mass is 9.57. The molecule has 5 rings (SSSR count). The molecule has 1 aromatic carbocycles. The standard InChI is InChI=1S/C26H25N3O8S/c1-29(2)20-14-8-10-7-13-12(16-6-3-11(38-16)9-28-37)4-5-15(30)18(13)21(31)17(10)23(33)26(14,36)24(34)19(22(20)32)25(27)35/h3-6,9-10,14,20,30-31,34,36-37H,7-8H2,1-2H3,(H2,27,35)/b28-9+. The second-order valence-electron chi connectivity index (χ2n) is 9.89. The number of carbonyl (C=O) groups excluding carboxylic acids is 3. The smallest absolute Gasteiger partial charge is 0.255 e. The van der Waals surface area contributed by atoms with Gasteiger partial charge in [-0.1, -0.05) is 5.16 Å². The van der Waals surface area contributed by atoms with Crippen molar-refractivity contribution in [2.24, 2.45) is 22.7 Å². The van der Waals surface area contributed by atoms with Gasteiger partial charge >= 0.3 is 0 Å². The van der Waals surface area contributed by atoms with Gasteiger partial charge < -0.3 is 31.4 Å². The average molecular weight is 540 g/mol. The molecule has 38 heavy (non-hydrogen) atoms. The van der Waals surface area contributed by atoms with E-state index >= 15 is 0 Å². The van der Waals surface area contributed by atoms with Crippen LogP contribution in [-0.2, 0) is 20.8 Å². The van der Waals surface area contributed by atoms with Gasteiger partial charge in [0.2, 0.25) is 5.78 Å². The molecule has 0 spiro atoms. The van der Waals surface area contributed by atoms with Crippen LogP contribution in [0, 0.1) is 11.8 Å². The highest BCUT2D eigenvalue weighted by molar-refractivity contribution is 7.17. The number of aromatic hydroxyl groups is 1. The van der Waals surface area contributed by atoms with Crippen molar-refractivity contribution in [2.45, 2.75) is 24.5 Å². The van der Waals surface area contributed by atoms with Crippen LogP contribution >= 0.6 is 11.3 Å². The van der Waals surface area contributed by atoms with E-state index in [9.17, 15) is 34.8 Å². The Morgan fingerprint density at radius 1 is 1.18 bits per heavy atom. The van der Waals surface area contributed by atoms with Gasteiger partial charge in [-0.05, 0) is 68.2 Å². The Bertz CT molecular complexity index is 1500. The lowest BCUT2D eigenvalue weighted by Gasteiger charge is -2.50. The van der Waals surface area contributed by atoms with Gasteiger partial charge in [0, 0.05) is 21.2 Å². The molecule has 0 radical (unpaired) electrons. The van der Waals surface area contributed by atoms with Gasteiger partial charge in [0.25, 0.3) is 5.91 Å². The summed E-state index contributed by atoms with van der Waals surface area (Å²) in [5.74, 6) is -6.90. The zero-order chi connectivity index (χ0) is 27.7. The van der Waals surface area contributed by atoms with Crippen molar-refractivity contribution >= 4 is 40.8 Å². The Balaban J connectivity index is 1.72. The Kier molecular flexibility index (Phi) is 5.93. The fourth-order valence-electron chi connectivity index (χ4n) is 6.10. The van der Waals surface area contributed by atoms with Crippen LogP contribution in [0.3, 0.4) is 0 Å².